The number of nitrogens with zero attached hydrogens (tertiary/aromatic N) is 1. The van der Waals surface area contributed by atoms with Crippen LogP contribution < -0.4 is 5.63 Å². The van der Waals surface area contributed by atoms with Crippen LogP contribution in [0.25, 0.3) is 10.9 Å². The Balaban J connectivity index is 3.06. The van der Waals surface area contributed by atoms with E-state index < -0.39 is 5.63 Å². The van der Waals surface area contributed by atoms with Crippen molar-refractivity contribution in [2.45, 2.75) is 6.92 Å². The van der Waals surface area contributed by atoms with E-state index in [9.17, 15) is 9.90 Å². The smallest absolute Gasteiger partial charge is 0.345 e. The number of aromatic nitrogens is 1. The number of rotatable bonds is 0. The summed E-state index contributed by atoms with van der Waals surface area (Å²) in [5.74, 6) is 0.117. The largest absolute Gasteiger partial charge is 0.503 e. The van der Waals surface area contributed by atoms with Crippen molar-refractivity contribution in [3.63, 3.8) is 0 Å². The number of pyridine rings is 1. The fourth-order valence-electron chi connectivity index (χ4n) is 1.17. The molecule has 1 N–H and O–H groups in total. The molecule has 2 aromatic rings. The Morgan fingerprint density at radius 1 is 1.54 bits per heavy atom. The van der Waals surface area contributed by atoms with Crippen LogP contribution in [0.5, 0.6) is 5.75 Å². The van der Waals surface area contributed by atoms with Gasteiger partial charge in [0, 0.05) is 6.20 Å². The lowest BCUT2D eigenvalue weighted by atomic mass is 10.2. The molecule has 0 aliphatic rings. The van der Waals surface area contributed by atoms with Gasteiger partial charge in [0.25, 0.3) is 0 Å². The fourth-order valence-corrected chi connectivity index (χ4v) is 1.17. The lowest BCUT2D eigenvalue weighted by Crippen LogP contribution is -2.01. The van der Waals surface area contributed by atoms with Crippen LogP contribution in [0.4, 0.5) is 0 Å². The van der Waals surface area contributed by atoms with Crippen molar-refractivity contribution in [3.05, 3.63) is 34.5 Å². The number of aryl methyl sites for hydroxylation is 1. The van der Waals surface area contributed by atoms with E-state index in [0.717, 1.165) is 0 Å². The molecule has 0 aromatic carbocycles. The van der Waals surface area contributed by atoms with Gasteiger partial charge in [-0.25, -0.2) is 4.79 Å². The van der Waals surface area contributed by atoms with E-state index in [4.69, 9.17) is 4.42 Å². The normalized spacial score (nSPS) is 10.5. The summed E-state index contributed by atoms with van der Waals surface area (Å²) in [7, 11) is 0. The van der Waals surface area contributed by atoms with E-state index in [0.29, 0.717) is 5.39 Å². The quantitative estimate of drug-likeness (QED) is 0.656. The topological polar surface area (TPSA) is 63.3 Å². The molecule has 0 radical (unpaired) electrons. The molecule has 0 spiro atoms. The summed E-state index contributed by atoms with van der Waals surface area (Å²) in [5.41, 5.74) is -0.186. The maximum Gasteiger partial charge on any atom is 0.345 e. The summed E-state index contributed by atoms with van der Waals surface area (Å²) in [5, 5.41) is 9.78. The second-order valence-electron chi connectivity index (χ2n) is 2.69. The molecular weight excluding hydrogens is 170 g/mol. The van der Waals surface area contributed by atoms with Crippen LogP contribution in [0, 0.1) is 6.92 Å². The summed E-state index contributed by atoms with van der Waals surface area (Å²) >= 11 is 0. The van der Waals surface area contributed by atoms with Crippen LogP contribution in [-0.4, -0.2) is 10.1 Å². The minimum atomic E-state index is -0.474. The van der Waals surface area contributed by atoms with Gasteiger partial charge in [-0.05, 0) is 19.1 Å². The molecule has 0 bridgehead atoms. The van der Waals surface area contributed by atoms with Crippen molar-refractivity contribution in [2.24, 2.45) is 0 Å². The van der Waals surface area contributed by atoms with E-state index in [1.807, 2.05) is 0 Å². The summed E-state index contributed by atoms with van der Waals surface area (Å²) in [6, 6.07) is 3.18. The first-order valence-electron chi connectivity index (χ1n) is 3.77. The van der Waals surface area contributed by atoms with Crippen molar-refractivity contribution >= 4 is 10.9 Å². The fraction of sp³-hybridized carbons (Fsp3) is 0.111. The number of fused-ring (bicyclic) bond motifs is 1. The van der Waals surface area contributed by atoms with Gasteiger partial charge in [0.15, 0.2) is 5.75 Å². The third-order valence-electron chi connectivity index (χ3n) is 1.83. The molecule has 0 amide bonds. The highest BCUT2D eigenvalue weighted by Crippen LogP contribution is 2.22. The highest BCUT2D eigenvalue weighted by atomic mass is 16.4. The average molecular weight is 177 g/mol. The van der Waals surface area contributed by atoms with Gasteiger partial charge in [0.1, 0.15) is 11.3 Å². The van der Waals surface area contributed by atoms with Crippen LogP contribution in [0.1, 0.15) is 5.76 Å². The number of hydrogen-bond acceptors (Lipinski definition) is 4. The summed E-state index contributed by atoms with van der Waals surface area (Å²) in [6.07, 6.45) is 1.51. The first kappa shape index (κ1) is 7.79. The van der Waals surface area contributed by atoms with Crippen molar-refractivity contribution in [1.29, 1.82) is 0 Å². The van der Waals surface area contributed by atoms with Crippen LogP contribution in [0.15, 0.2) is 27.5 Å². The Morgan fingerprint density at radius 3 is 3.08 bits per heavy atom. The zero-order valence-electron chi connectivity index (χ0n) is 6.94. The van der Waals surface area contributed by atoms with E-state index in [2.05, 4.69) is 4.98 Å². The standard InChI is InChI=1S/C9H7NO3/c1-5-8(11)7-6(9(12)13-5)3-2-4-10-7/h2-4,11H,1H3. The molecule has 0 saturated carbocycles. The second-order valence-corrected chi connectivity index (χ2v) is 2.69. The molecule has 2 heterocycles. The Bertz CT molecular complexity index is 516. The van der Waals surface area contributed by atoms with E-state index in [1.165, 1.54) is 13.1 Å². The molecular formula is C9H7NO3. The maximum atomic E-state index is 11.2. The molecule has 0 saturated heterocycles. The second kappa shape index (κ2) is 2.58. The molecule has 2 aromatic heterocycles. The van der Waals surface area contributed by atoms with Crippen molar-refractivity contribution in [1.82, 2.24) is 4.98 Å². The monoisotopic (exact) mass is 177 g/mol. The zero-order valence-corrected chi connectivity index (χ0v) is 6.94. The van der Waals surface area contributed by atoms with Gasteiger partial charge in [-0.1, -0.05) is 0 Å². The molecule has 0 aliphatic carbocycles. The summed E-state index contributed by atoms with van der Waals surface area (Å²) in [6.45, 7) is 1.52. The van der Waals surface area contributed by atoms with Gasteiger partial charge in [0.2, 0.25) is 0 Å². The molecule has 0 fully saturated rings. The van der Waals surface area contributed by atoms with Crippen molar-refractivity contribution < 1.29 is 9.52 Å². The summed E-state index contributed by atoms with van der Waals surface area (Å²) in [4.78, 5) is 15.1. The number of aromatic hydroxyl groups is 1. The van der Waals surface area contributed by atoms with Gasteiger partial charge in [-0.3, -0.25) is 4.98 Å². The van der Waals surface area contributed by atoms with Gasteiger partial charge < -0.3 is 9.52 Å². The molecule has 66 valence electrons. The third-order valence-corrected chi connectivity index (χ3v) is 1.83. The molecule has 0 atom stereocenters. The minimum Gasteiger partial charge on any atom is -0.503 e. The lowest BCUT2D eigenvalue weighted by molar-refractivity contribution is 0.411. The highest BCUT2D eigenvalue weighted by molar-refractivity contribution is 5.82. The van der Waals surface area contributed by atoms with Gasteiger partial charge in [-0.15, -0.1) is 0 Å². The first-order valence-corrected chi connectivity index (χ1v) is 3.77. The first-order chi connectivity index (χ1) is 6.20. The Kier molecular flexibility index (Phi) is 1.55. The van der Waals surface area contributed by atoms with Gasteiger partial charge in [0.05, 0.1) is 5.39 Å². The maximum absolute atomic E-state index is 11.2. The zero-order chi connectivity index (χ0) is 9.42. The summed E-state index contributed by atoms with van der Waals surface area (Å²) < 4.78 is 4.78. The van der Waals surface area contributed by atoms with E-state index in [1.54, 1.807) is 12.1 Å². The molecule has 0 aliphatic heterocycles. The van der Waals surface area contributed by atoms with Crippen molar-refractivity contribution in [3.8, 4) is 5.75 Å². The van der Waals surface area contributed by atoms with Gasteiger partial charge in [-0.2, -0.15) is 0 Å². The SMILES string of the molecule is Cc1oc(=O)c2cccnc2c1O. The van der Waals surface area contributed by atoms with Crippen LogP contribution in [0.3, 0.4) is 0 Å². The average Bonchev–Trinajstić information content (AvgIpc) is 2.15. The van der Waals surface area contributed by atoms with E-state index in [-0.39, 0.29) is 17.0 Å². The number of hydrogen-bond donors (Lipinski definition) is 1. The van der Waals surface area contributed by atoms with Crippen LogP contribution >= 0.6 is 0 Å². The van der Waals surface area contributed by atoms with Gasteiger partial charge >= 0.3 is 5.63 Å². The molecule has 13 heavy (non-hydrogen) atoms. The highest BCUT2D eigenvalue weighted by Gasteiger charge is 2.09. The Hall–Kier alpha value is -1.84. The predicted octanol–water partition coefficient (Wildman–Crippen LogP) is 1.20. The predicted molar refractivity (Wildman–Crippen MR) is 46.7 cm³/mol. The van der Waals surface area contributed by atoms with Crippen LogP contribution in [-0.2, 0) is 0 Å². The van der Waals surface area contributed by atoms with Crippen molar-refractivity contribution in [2.75, 3.05) is 0 Å². The Morgan fingerprint density at radius 2 is 2.31 bits per heavy atom. The third kappa shape index (κ3) is 1.07. The molecule has 2 rings (SSSR count). The lowest BCUT2D eigenvalue weighted by Gasteiger charge is -1.99. The van der Waals surface area contributed by atoms with Crippen LogP contribution in [0.2, 0.25) is 0 Å². The molecule has 4 heteroatoms. The Labute approximate surface area is 73.5 Å². The van der Waals surface area contributed by atoms with E-state index >= 15 is 0 Å². The molecule has 4 nitrogen and oxygen atoms in total. The minimum absolute atomic E-state index is 0.0739. The molecule has 0 unspecified atom stereocenters.